The predicted molar refractivity (Wildman–Crippen MR) is 152 cm³/mol. The molecule has 0 aliphatic carbocycles. The first kappa shape index (κ1) is 24.4. The molecular formula is C31H27N5O3. The molecule has 2 heterocycles. The quantitative estimate of drug-likeness (QED) is 0.314. The van der Waals surface area contributed by atoms with Gasteiger partial charge in [-0.3, -0.25) is 14.2 Å². The van der Waals surface area contributed by atoms with Crippen LogP contribution in [0, 0.1) is 0 Å². The summed E-state index contributed by atoms with van der Waals surface area (Å²) in [5, 5.41) is 11.8. The summed E-state index contributed by atoms with van der Waals surface area (Å²) < 4.78 is 8.99. The van der Waals surface area contributed by atoms with Gasteiger partial charge in [0.2, 0.25) is 0 Å². The molecule has 6 rings (SSSR count). The number of aromatic nitrogens is 4. The summed E-state index contributed by atoms with van der Waals surface area (Å²) in [6.07, 6.45) is 3.11. The van der Waals surface area contributed by atoms with Gasteiger partial charge in [0, 0.05) is 6.54 Å². The molecule has 194 valence electrons. The van der Waals surface area contributed by atoms with Crippen molar-refractivity contribution in [1.29, 1.82) is 0 Å². The van der Waals surface area contributed by atoms with Crippen molar-refractivity contribution in [2.45, 2.75) is 20.0 Å². The van der Waals surface area contributed by atoms with E-state index in [1.807, 2.05) is 67.6 Å². The van der Waals surface area contributed by atoms with Gasteiger partial charge in [-0.2, -0.15) is 5.10 Å². The van der Waals surface area contributed by atoms with Gasteiger partial charge in [0.05, 0.1) is 31.5 Å². The van der Waals surface area contributed by atoms with E-state index < -0.39 is 0 Å². The van der Waals surface area contributed by atoms with Crippen LogP contribution in [0.25, 0.3) is 32.6 Å². The number of carbonyl (C=O) groups is 1. The molecule has 0 saturated carbocycles. The molecule has 0 saturated heterocycles. The number of carbonyl (C=O) groups excluding carboxylic acids is 1. The SMILES string of the molecule is CCOc1ccc2ccccc2c1C(=O)NCCn1ncc2c(=O)n(Cc3cccc4ccccc34)cnc21. The first-order chi connectivity index (χ1) is 19.1. The second-order valence-corrected chi connectivity index (χ2v) is 9.27. The summed E-state index contributed by atoms with van der Waals surface area (Å²) in [6, 6.07) is 25.7. The van der Waals surface area contributed by atoms with Gasteiger partial charge in [-0.25, -0.2) is 9.67 Å². The van der Waals surface area contributed by atoms with Crippen molar-refractivity contribution in [3.8, 4) is 5.75 Å². The number of rotatable bonds is 8. The highest BCUT2D eigenvalue weighted by atomic mass is 16.5. The fourth-order valence-corrected chi connectivity index (χ4v) is 5.01. The fourth-order valence-electron chi connectivity index (χ4n) is 5.01. The van der Waals surface area contributed by atoms with E-state index in [4.69, 9.17) is 4.74 Å². The number of hydrogen-bond donors (Lipinski definition) is 1. The van der Waals surface area contributed by atoms with E-state index in [0.29, 0.717) is 48.6 Å². The Morgan fingerprint density at radius 3 is 2.46 bits per heavy atom. The number of nitrogens with zero attached hydrogens (tertiary/aromatic N) is 4. The van der Waals surface area contributed by atoms with E-state index in [9.17, 15) is 9.59 Å². The second-order valence-electron chi connectivity index (χ2n) is 9.27. The third-order valence-corrected chi connectivity index (χ3v) is 6.87. The number of nitrogens with one attached hydrogen (secondary N) is 1. The molecule has 0 unspecified atom stereocenters. The zero-order valence-electron chi connectivity index (χ0n) is 21.5. The van der Waals surface area contributed by atoms with Crippen LogP contribution in [0.5, 0.6) is 5.75 Å². The highest BCUT2D eigenvalue weighted by molar-refractivity contribution is 6.09. The van der Waals surface area contributed by atoms with Crippen LogP contribution in [0.2, 0.25) is 0 Å². The lowest BCUT2D eigenvalue weighted by Crippen LogP contribution is -2.28. The Bertz CT molecular complexity index is 1880. The molecule has 1 N–H and O–H groups in total. The Kier molecular flexibility index (Phi) is 6.50. The summed E-state index contributed by atoms with van der Waals surface area (Å²) in [7, 11) is 0. The van der Waals surface area contributed by atoms with Crippen LogP contribution in [0.1, 0.15) is 22.8 Å². The standard InChI is InChI=1S/C31H27N5O3/c1-2-39-27-15-14-22-9-4-6-13-25(22)28(27)30(37)32-16-17-36-29-26(18-34-36)31(38)35(20-33-29)19-23-11-7-10-21-8-3-5-12-24(21)23/h3-15,18,20H,2,16-17,19H2,1H3,(H,32,37). The van der Waals surface area contributed by atoms with Crippen molar-refractivity contribution in [1.82, 2.24) is 24.6 Å². The van der Waals surface area contributed by atoms with Crippen molar-refractivity contribution in [2.24, 2.45) is 0 Å². The molecule has 0 spiro atoms. The molecule has 6 aromatic rings. The predicted octanol–water partition coefficient (Wildman–Crippen LogP) is 4.78. The van der Waals surface area contributed by atoms with Crippen LogP contribution in [0.15, 0.2) is 96.2 Å². The van der Waals surface area contributed by atoms with Crippen molar-refractivity contribution in [2.75, 3.05) is 13.2 Å². The third-order valence-electron chi connectivity index (χ3n) is 6.87. The van der Waals surface area contributed by atoms with Crippen molar-refractivity contribution in [3.63, 3.8) is 0 Å². The normalized spacial score (nSPS) is 11.3. The summed E-state index contributed by atoms with van der Waals surface area (Å²) in [6.45, 7) is 3.44. The number of benzene rings is 4. The van der Waals surface area contributed by atoms with Crippen LogP contribution in [-0.4, -0.2) is 38.4 Å². The molecule has 0 radical (unpaired) electrons. The Morgan fingerprint density at radius 2 is 1.64 bits per heavy atom. The summed E-state index contributed by atoms with van der Waals surface area (Å²) in [5.74, 6) is 0.323. The van der Waals surface area contributed by atoms with E-state index in [0.717, 1.165) is 27.1 Å². The zero-order chi connectivity index (χ0) is 26.8. The Labute approximate surface area is 224 Å². The monoisotopic (exact) mass is 517 g/mol. The topological polar surface area (TPSA) is 91.0 Å². The highest BCUT2D eigenvalue weighted by Gasteiger charge is 2.17. The average molecular weight is 518 g/mol. The van der Waals surface area contributed by atoms with Crippen LogP contribution in [0.4, 0.5) is 0 Å². The number of ether oxygens (including phenoxy) is 1. The number of amides is 1. The molecule has 2 aromatic heterocycles. The summed E-state index contributed by atoms with van der Waals surface area (Å²) >= 11 is 0. The van der Waals surface area contributed by atoms with E-state index in [-0.39, 0.29) is 11.5 Å². The lowest BCUT2D eigenvalue weighted by molar-refractivity contribution is 0.0950. The minimum absolute atomic E-state index is 0.152. The molecule has 0 atom stereocenters. The van der Waals surface area contributed by atoms with E-state index >= 15 is 0 Å². The van der Waals surface area contributed by atoms with E-state index in [1.165, 1.54) is 0 Å². The van der Waals surface area contributed by atoms with Gasteiger partial charge >= 0.3 is 0 Å². The van der Waals surface area contributed by atoms with E-state index in [2.05, 4.69) is 33.6 Å². The zero-order valence-corrected chi connectivity index (χ0v) is 21.5. The van der Waals surface area contributed by atoms with Crippen molar-refractivity contribution in [3.05, 3.63) is 113 Å². The maximum Gasteiger partial charge on any atom is 0.264 e. The van der Waals surface area contributed by atoms with Gasteiger partial charge in [0.15, 0.2) is 5.65 Å². The molecule has 0 aliphatic heterocycles. The van der Waals surface area contributed by atoms with Gasteiger partial charge in [-0.05, 0) is 40.1 Å². The molecule has 0 aliphatic rings. The van der Waals surface area contributed by atoms with Crippen LogP contribution < -0.4 is 15.6 Å². The largest absolute Gasteiger partial charge is 0.493 e. The molecule has 8 nitrogen and oxygen atoms in total. The molecule has 4 aromatic carbocycles. The number of hydrogen-bond acceptors (Lipinski definition) is 5. The Morgan fingerprint density at radius 1 is 0.897 bits per heavy atom. The lowest BCUT2D eigenvalue weighted by Gasteiger charge is -2.14. The van der Waals surface area contributed by atoms with Crippen molar-refractivity contribution >= 4 is 38.5 Å². The van der Waals surface area contributed by atoms with Gasteiger partial charge in [-0.15, -0.1) is 0 Å². The first-order valence-corrected chi connectivity index (χ1v) is 12.9. The summed E-state index contributed by atoms with van der Waals surface area (Å²) in [4.78, 5) is 31.0. The maximum absolute atomic E-state index is 13.3. The minimum Gasteiger partial charge on any atom is -0.493 e. The van der Waals surface area contributed by atoms with Gasteiger partial charge in [0.1, 0.15) is 17.5 Å². The second kappa shape index (κ2) is 10.4. The third kappa shape index (κ3) is 4.61. The van der Waals surface area contributed by atoms with Gasteiger partial charge < -0.3 is 10.1 Å². The van der Waals surface area contributed by atoms with Gasteiger partial charge in [-0.1, -0.05) is 72.8 Å². The molecular weight excluding hydrogens is 490 g/mol. The van der Waals surface area contributed by atoms with Crippen LogP contribution in [-0.2, 0) is 13.1 Å². The van der Waals surface area contributed by atoms with Crippen LogP contribution >= 0.6 is 0 Å². The van der Waals surface area contributed by atoms with Crippen molar-refractivity contribution < 1.29 is 9.53 Å². The highest BCUT2D eigenvalue weighted by Crippen LogP contribution is 2.28. The lowest BCUT2D eigenvalue weighted by atomic mass is 10.0. The molecule has 8 heteroatoms. The van der Waals surface area contributed by atoms with E-state index in [1.54, 1.807) is 21.8 Å². The Hall–Kier alpha value is -4.98. The Balaban J connectivity index is 1.20. The minimum atomic E-state index is -0.225. The van der Waals surface area contributed by atoms with Crippen LogP contribution in [0.3, 0.4) is 0 Å². The molecule has 0 bridgehead atoms. The smallest absolute Gasteiger partial charge is 0.264 e. The van der Waals surface area contributed by atoms with Gasteiger partial charge in [0.25, 0.3) is 11.5 Å². The fraction of sp³-hybridized carbons (Fsp3) is 0.161. The molecule has 0 fully saturated rings. The molecule has 39 heavy (non-hydrogen) atoms. The molecule has 1 amide bonds. The first-order valence-electron chi connectivity index (χ1n) is 12.9. The maximum atomic E-state index is 13.3. The average Bonchev–Trinajstić information content (AvgIpc) is 3.38. The summed E-state index contributed by atoms with van der Waals surface area (Å²) in [5.41, 5.74) is 1.89. The number of fused-ring (bicyclic) bond motifs is 3.